The Morgan fingerprint density at radius 3 is 2.07 bits per heavy atom. The number of nitrogens with zero attached hydrogens (tertiary/aromatic N) is 2. The summed E-state index contributed by atoms with van der Waals surface area (Å²) in [6.07, 6.45) is 0.265. The number of nitrogens with one attached hydrogen (secondary N) is 1. The molecule has 9 heteroatoms. The predicted molar refractivity (Wildman–Crippen MR) is 170 cm³/mol. The Kier molecular flexibility index (Phi) is 10.2. The van der Waals surface area contributed by atoms with Crippen LogP contribution in [-0.4, -0.2) is 44.8 Å². The second-order valence-electron chi connectivity index (χ2n) is 10.1. The molecule has 218 valence electrons. The van der Waals surface area contributed by atoms with Gasteiger partial charge in [0.05, 0.1) is 10.6 Å². The van der Waals surface area contributed by atoms with Crippen LogP contribution >= 0.6 is 15.9 Å². The van der Waals surface area contributed by atoms with Gasteiger partial charge in [-0.1, -0.05) is 88.2 Å². The third-order valence-corrected chi connectivity index (χ3v) is 9.44. The molecule has 0 bridgehead atoms. The van der Waals surface area contributed by atoms with Crippen LogP contribution in [0.15, 0.2) is 112 Å². The summed E-state index contributed by atoms with van der Waals surface area (Å²) in [5, 5.41) is 2.70. The molecule has 7 nitrogen and oxygen atoms in total. The number of carbonyl (C=O) groups excluding carboxylic acids is 2. The molecule has 1 N–H and O–H groups in total. The van der Waals surface area contributed by atoms with Crippen molar-refractivity contribution in [3.8, 4) is 0 Å². The van der Waals surface area contributed by atoms with E-state index in [9.17, 15) is 18.0 Å². The van der Waals surface area contributed by atoms with E-state index in [-0.39, 0.29) is 23.8 Å². The van der Waals surface area contributed by atoms with Crippen LogP contribution in [0.5, 0.6) is 0 Å². The highest BCUT2D eigenvalue weighted by atomic mass is 79.9. The monoisotopic (exact) mass is 647 g/mol. The quantitative estimate of drug-likeness (QED) is 0.228. The van der Waals surface area contributed by atoms with Crippen LogP contribution in [-0.2, 0) is 32.6 Å². The van der Waals surface area contributed by atoms with Crippen molar-refractivity contribution in [2.45, 2.75) is 37.8 Å². The molecule has 2 amide bonds. The molecular formula is C33H34BrN3O4S. The van der Waals surface area contributed by atoms with Crippen molar-refractivity contribution in [2.24, 2.45) is 0 Å². The van der Waals surface area contributed by atoms with Crippen molar-refractivity contribution < 1.29 is 18.0 Å². The molecule has 0 saturated heterocycles. The Labute approximate surface area is 256 Å². The summed E-state index contributed by atoms with van der Waals surface area (Å²) in [4.78, 5) is 29.2. The Hall–Kier alpha value is -3.95. The number of anilines is 1. The maximum absolute atomic E-state index is 14.3. The fourth-order valence-corrected chi connectivity index (χ4v) is 6.34. The average molecular weight is 649 g/mol. The van der Waals surface area contributed by atoms with Crippen molar-refractivity contribution in [2.75, 3.05) is 17.9 Å². The molecule has 4 rings (SSSR count). The normalized spacial score (nSPS) is 11.9. The van der Waals surface area contributed by atoms with Gasteiger partial charge in [0.15, 0.2) is 0 Å². The third kappa shape index (κ3) is 7.46. The number of benzene rings is 4. The van der Waals surface area contributed by atoms with Crippen LogP contribution in [0.4, 0.5) is 5.69 Å². The minimum atomic E-state index is -4.13. The Balaban J connectivity index is 1.79. The molecule has 4 aromatic carbocycles. The zero-order valence-electron chi connectivity index (χ0n) is 23.8. The smallest absolute Gasteiger partial charge is 0.264 e. The molecule has 4 aromatic rings. The number of carbonyl (C=O) groups is 2. The third-order valence-electron chi connectivity index (χ3n) is 7.12. The van der Waals surface area contributed by atoms with E-state index >= 15 is 0 Å². The molecule has 0 aliphatic heterocycles. The number of amides is 2. The number of aryl methyl sites for hydroxylation is 2. The van der Waals surface area contributed by atoms with Gasteiger partial charge in [0.2, 0.25) is 11.8 Å². The summed E-state index contributed by atoms with van der Waals surface area (Å²) < 4.78 is 29.9. The SMILES string of the molecule is CNC(=O)[C@@H](Cc1ccccc1)N(Cc1ccccc1C)C(=O)CN(c1ccc(Br)cc1)S(=O)(=O)c1ccc(C)cc1. The zero-order chi connectivity index (χ0) is 30.3. The number of hydrogen-bond acceptors (Lipinski definition) is 4. The van der Waals surface area contributed by atoms with Gasteiger partial charge in [-0.05, 0) is 66.9 Å². The van der Waals surface area contributed by atoms with E-state index in [0.29, 0.717) is 5.69 Å². The van der Waals surface area contributed by atoms with E-state index in [1.807, 2.05) is 68.4 Å². The highest BCUT2D eigenvalue weighted by Gasteiger charge is 2.34. The maximum Gasteiger partial charge on any atom is 0.264 e. The zero-order valence-corrected chi connectivity index (χ0v) is 26.2. The lowest BCUT2D eigenvalue weighted by molar-refractivity contribution is -0.139. The summed E-state index contributed by atoms with van der Waals surface area (Å²) in [6, 6.07) is 29.5. The van der Waals surface area contributed by atoms with Gasteiger partial charge in [0.1, 0.15) is 12.6 Å². The molecule has 0 aliphatic carbocycles. The van der Waals surface area contributed by atoms with E-state index in [1.54, 1.807) is 36.4 Å². The first-order valence-electron chi connectivity index (χ1n) is 13.5. The first kappa shape index (κ1) is 31.0. The van der Waals surface area contributed by atoms with Crippen LogP contribution in [0.3, 0.4) is 0 Å². The van der Waals surface area contributed by atoms with Gasteiger partial charge in [-0.25, -0.2) is 8.42 Å². The van der Waals surface area contributed by atoms with E-state index in [4.69, 9.17) is 0 Å². The van der Waals surface area contributed by atoms with Gasteiger partial charge in [0.25, 0.3) is 10.0 Å². The Morgan fingerprint density at radius 1 is 0.833 bits per heavy atom. The van der Waals surface area contributed by atoms with Crippen molar-refractivity contribution in [3.05, 3.63) is 130 Å². The maximum atomic E-state index is 14.3. The summed E-state index contributed by atoms with van der Waals surface area (Å²) in [5.41, 5.74) is 3.96. The highest BCUT2D eigenvalue weighted by molar-refractivity contribution is 9.10. The molecular weight excluding hydrogens is 614 g/mol. The number of hydrogen-bond donors (Lipinski definition) is 1. The topological polar surface area (TPSA) is 86.8 Å². The average Bonchev–Trinajstić information content (AvgIpc) is 2.99. The van der Waals surface area contributed by atoms with Crippen molar-refractivity contribution >= 4 is 43.5 Å². The lowest BCUT2D eigenvalue weighted by Crippen LogP contribution is -2.53. The fraction of sp³-hybridized carbons (Fsp3) is 0.212. The molecule has 0 spiro atoms. The summed E-state index contributed by atoms with van der Waals surface area (Å²) in [6.45, 7) is 3.46. The van der Waals surface area contributed by atoms with Crippen LogP contribution < -0.4 is 9.62 Å². The fourth-order valence-electron chi connectivity index (χ4n) is 4.67. The van der Waals surface area contributed by atoms with Gasteiger partial charge < -0.3 is 10.2 Å². The van der Waals surface area contributed by atoms with Crippen molar-refractivity contribution in [3.63, 3.8) is 0 Å². The van der Waals surface area contributed by atoms with Gasteiger partial charge in [0, 0.05) is 24.5 Å². The lowest BCUT2D eigenvalue weighted by atomic mass is 10.0. The van der Waals surface area contributed by atoms with Gasteiger partial charge in [-0.2, -0.15) is 0 Å². The predicted octanol–water partition coefficient (Wildman–Crippen LogP) is 5.65. The second-order valence-corrected chi connectivity index (χ2v) is 12.8. The van der Waals surface area contributed by atoms with E-state index in [2.05, 4.69) is 21.2 Å². The van der Waals surface area contributed by atoms with E-state index in [1.165, 1.54) is 24.1 Å². The standard InChI is InChI=1S/C33H34BrN3O4S/c1-24-13-19-30(20-14-24)42(40,41)37(29-17-15-28(34)16-18-29)23-32(38)36(22-27-12-8-7-9-25(27)2)31(33(39)35-3)21-26-10-5-4-6-11-26/h4-20,31H,21-23H2,1-3H3,(H,35,39)/t31-/m1/s1. The summed E-state index contributed by atoms with van der Waals surface area (Å²) in [5.74, 6) is -0.834. The summed E-state index contributed by atoms with van der Waals surface area (Å²) in [7, 11) is -2.60. The van der Waals surface area contributed by atoms with Gasteiger partial charge >= 0.3 is 0 Å². The largest absolute Gasteiger partial charge is 0.357 e. The highest BCUT2D eigenvalue weighted by Crippen LogP contribution is 2.27. The first-order chi connectivity index (χ1) is 20.1. The molecule has 0 radical (unpaired) electrons. The van der Waals surface area contributed by atoms with Crippen LogP contribution in [0.1, 0.15) is 22.3 Å². The van der Waals surface area contributed by atoms with Crippen LogP contribution in [0.25, 0.3) is 0 Å². The molecule has 1 atom stereocenters. The number of sulfonamides is 1. The molecule has 0 aliphatic rings. The lowest BCUT2D eigenvalue weighted by Gasteiger charge is -2.34. The molecule has 0 aromatic heterocycles. The van der Waals surface area contributed by atoms with Crippen molar-refractivity contribution in [1.29, 1.82) is 0 Å². The Bertz CT molecular complexity index is 1630. The van der Waals surface area contributed by atoms with Gasteiger partial charge in [-0.15, -0.1) is 0 Å². The molecule has 0 fully saturated rings. The number of likely N-dealkylation sites (N-methyl/N-ethyl adjacent to an activating group) is 1. The van der Waals surface area contributed by atoms with Crippen LogP contribution in [0, 0.1) is 13.8 Å². The van der Waals surface area contributed by atoms with Gasteiger partial charge in [-0.3, -0.25) is 13.9 Å². The first-order valence-corrected chi connectivity index (χ1v) is 15.8. The van der Waals surface area contributed by atoms with E-state index < -0.39 is 28.5 Å². The number of halogens is 1. The Morgan fingerprint density at radius 2 is 1.45 bits per heavy atom. The molecule has 0 heterocycles. The minimum absolute atomic E-state index is 0.0707. The molecule has 0 saturated carbocycles. The van der Waals surface area contributed by atoms with Crippen LogP contribution in [0.2, 0.25) is 0 Å². The van der Waals surface area contributed by atoms with E-state index in [0.717, 1.165) is 31.0 Å². The second kappa shape index (κ2) is 13.8. The number of rotatable bonds is 11. The van der Waals surface area contributed by atoms with Crippen molar-refractivity contribution in [1.82, 2.24) is 10.2 Å². The minimum Gasteiger partial charge on any atom is -0.357 e. The molecule has 0 unspecified atom stereocenters. The summed E-state index contributed by atoms with van der Waals surface area (Å²) >= 11 is 3.40. The molecule has 42 heavy (non-hydrogen) atoms.